The topological polar surface area (TPSA) is 20.2 Å². The molecule has 100 valence electrons. The van der Waals surface area contributed by atoms with Crippen LogP contribution in [-0.2, 0) is 6.42 Å². The Morgan fingerprint density at radius 1 is 1.22 bits per heavy atom. The first kappa shape index (κ1) is 14.8. The van der Waals surface area contributed by atoms with Crippen LogP contribution < -0.4 is 0 Å². The Kier molecular flexibility index (Phi) is 5.99. The van der Waals surface area contributed by atoms with Crippen LogP contribution in [0, 0.1) is 0 Å². The maximum absolute atomic E-state index is 12.7. The third kappa shape index (κ3) is 4.22. The van der Waals surface area contributed by atoms with Crippen LogP contribution in [0.5, 0.6) is 0 Å². The van der Waals surface area contributed by atoms with Crippen LogP contribution in [0.4, 0.5) is 8.78 Å². The number of benzene rings is 1. The number of rotatable bonds is 6. The molecule has 1 rings (SSSR count). The molecule has 0 saturated carbocycles. The van der Waals surface area contributed by atoms with Gasteiger partial charge in [-0.05, 0) is 42.9 Å². The number of hydrogen-bond acceptors (Lipinski definition) is 1. The molecule has 0 aliphatic carbocycles. The smallest absolute Gasteiger partial charge is 0.260 e. The van der Waals surface area contributed by atoms with E-state index in [0.29, 0.717) is 18.4 Å². The quantitative estimate of drug-likeness (QED) is 0.761. The van der Waals surface area contributed by atoms with Gasteiger partial charge in [0.05, 0.1) is 6.10 Å². The molecule has 1 nitrogen and oxygen atoms in total. The van der Waals surface area contributed by atoms with Crippen LogP contribution in [0.25, 0.3) is 0 Å². The molecule has 1 aromatic rings. The number of halogens is 2. The summed E-state index contributed by atoms with van der Waals surface area (Å²) in [5.74, 6) is 0. The average Bonchev–Trinajstić information content (AvgIpc) is 2.37. The Morgan fingerprint density at radius 2 is 1.83 bits per heavy atom. The lowest BCUT2D eigenvalue weighted by atomic mass is 9.97. The van der Waals surface area contributed by atoms with Gasteiger partial charge in [-0.3, -0.25) is 0 Å². The Labute approximate surface area is 107 Å². The predicted molar refractivity (Wildman–Crippen MR) is 69.8 cm³/mol. The maximum Gasteiger partial charge on any atom is 0.260 e. The van der Waals surface area contributed by atoms with Gasteiger partial charge in [0.25, 0.3) is 6.43 Å². The van der Waals surface area contributed by atoms with E-state index in [4.69, 9.17) is 0 Å². The largest absolute Gasteiger partial charge is 0.389 e. The summed E-state index contributed by atoms with van der Waals surface area (Å²) >= 11 is 0. The molecule has 1 unspecified atom stereocenters. The average molecular weight is 254 g/mol. The zero-order valence-electron chi connectivity index (χ0n) is 10.9. The molecule has 0 heterocycles. The SMILES string of the molecule is CC/C(=C(/C)C(O)CCc1ccccc1)C(F)F. The first-order chi connectivity index (χ1) is 8.56. The summed E-state index contributed by atoms with van der Waals surface area (Å²) in [5.41, 5.74) is 1.60. The minimum atomic E-state index is -2.47. The number of aliphatic hydroxyl groups is 1. The van der Waals surface area contributed by atoms with E-state index >= 15 is 0 Å². The van der Waals surface area contributed by atoms with Crippen molar-refractivity contribution >= 4 is 0 Å². The van der Waals surface area contributed by atoms with Crippen molar-refractivity contribution < 1.29 is 13.9 Å². The molecule has 3 heteroatoms. The van der Waals surface area contributed by atoms with E-state index in [0.717, 1.165) is 5.56 Å². The molecule has 0 radical (unpaired) electrons. The zero-order valence-corrected chi connectivity index (χ0v) is 10.9. The molecule has 0 amide bonds. The predicted octanol–water partition coefficient (Wildman–Crippen LogP) is 3.97. The van der Waals surface area contributed by atoms with Gasteiger partial charge >= 0.3 is 0 Å². The standard InChI is InChI=1S/C15H20F2O/c1-3-13(15(16)17)11(2)14(18)10-9-12-7-5-4-6-8-12/h4-8,14-15,18H,3,9-10H2,1-2H3/b13-11+. The fraction of sp³-hybridized carbons (Fsp3) is 0.467. The summed E-state index contributed by atoms with van der Waals surface area (Å²) < 4.78 is 25.4. The summed E-state index contributed by atoms with van der Waals surface area (Å²) in [6, 6.07) is 9.73. The zero-order chi connectivity index (χ0) is 13.5. The normalized spacial score (nSPS) is 14.6. The Morgan fingerprint density at radius 3 is 2.33 bits per heavy atom. The summed E-state index contributed by atoms with van der Waals surface area (Å²) in [6.45, 7) is 3.29. The fourth-order valence-corrected chi connectivity index (χ4v) is 1.98. The lowest BCUT2D eigenvalue weighted by molar-refractivity contribution is 0.167. The van der Waals surface area contributed by atoms with E-state index in [1.165, 1.54) is 0 Å². The van der Waals surface area contributed by atoms with Gasteiger partial charge in [-0.2, -0.15) is 0 Å². The number of aliphatic hydroxyl groups excluding tert-OH is 1. The molecule has 0 aromatic heterocycles. The molecular weight excluding hydrogens is 234 g/mol. The van der Waals surface area contributed by atoms with Crippen LogP contribution in [0.2, 0.25) is 0 Å². The van der Waals surface area contributed by atoms with Crippen molar-refractivity contribution in [1.29, 1.82) is 0 Å². The van der Waals surface area contributed by atoms with Gasteiger partial charge < -0.3 is 5.11 Å². The number of aryl methyl sites for hydroxylation is 1. The van der Waals surface area contributed by atoms with Gasteiger partial charge in [-0.15, -0.1) is 0 Å². The minimum Gasteiger partial charge on any atom is -0.389 e. The van der Waals surface area contributed by atoms with Crippen LogP contribution in [0.3, 0.4) is 0 Å². The first-order valence-electron chi connectivity index (χ1n) is 6.26. The molecule has 0 aliphatic heterocycles. The molecule has 1 aromatic carbocycles. The van der Waals surface area contributed by atoms with Gasteiger partial charge in [-0.25, -0.2) is 8.78 Å². The summed E-state index contributed by atoms with van der Waals surface area (Å²) in [5, 5.41) is 9.94. The van der Waals surface area contributed by atoms with E-state index in [1.54, 1.807) is 13.8 Å². The van der Waals surface area contributed by atoms with Crippen LogP contribution in [0.15, 0.2) is 41.5 Å². The first-order valence-corrected chi connectivity index (χ1v) is 6.26. The van der Waals surface area contributed by atoms with Crippen molar-refractivity contribution in [3.8, 4) is 0 Å². The molecule has 0 spiro atoms. The van der Waals surface area contributed by atoms with Crippen molar-refractivity contribution in [3.63, 3.8) is 0 Å². The second-order valence-corrected chi connectivity index (χ2v) is 4.40. The van der Waals surface area contributed by atoms with Crippen molar-refractivity contribution in [2.75, 3.05) is 0 Å². The molecule has 0 saturated heterocycles. The molecular formula is C15H20F2O. The highest BCUT2D eigenvalue weighted by Gasteiger charge is 2.17. The Balaban J connectivity index is 2.62. The van der Waals surface area contributed by atoms with Gasteiger partial charge in [0, 0.05) is 0 Å². The van der Waals surface area contributed by atoms with Gasteiger partial charge in [-0.1, -0.05) is 37.3 Å². The Bertz CT molecular complexity index is 385. The highest BCUT2D eigenvalue weighted by molar-refractivity contribution is 5.19. The second kappa shape index (κ2) is 7.27. The molecule has 18 heavy (non-hydrogen) atoms. The molecule has 0 fully saturated rings. The van der Waals surface area contributed by atoms with Gasteiger partial charge in [0.1, 0.15) is 0 Å². The third-order valence-electron chi connectivity index (χ3n) is 3.20. The molecule has 1 atom stereocenters. The highest BCUT2D eigenvalue weighted by atomic mass is 19.3. The van der Waals surface area contributed by atoms with Crippen molar-refractivity contribution in [2.24, 2.45) is 0 Å². The van der Waals surface area contributed by atoms with E-state index in [-0.39, 0.29) is 12.0 Å². The van der Waals surface area contributed by atoms with Crippen molar-refractivity contribution in [1.82, 2.24) is 0 Å². The lowest BCUT2D eigenvalue weighted by Crippen LogP contribution is -2.14. The van der Waals surface area contributed by atoms with E-state index in [9.17, 15) is 13.9 Å². The fourth-order valence-electron chi connectivity index (χ4n) is 1.98. The van der Waals surface area contributed by atoms with E-state index in [1.807, 2.05) is 30.3 Å². The summed E-state index contributed by atoms with van der Waals surface area (Å²) in [6.07, 6.45) is -1.80. The van der Waals surface area contributed by atoms with Gasteiger partial charge in [0.15, 0.2) is 0 Å². The highest BCUT2D eigenvalue weighted by Crippen LogP contribution is 2.21. The summed E-state index contributed by atoms with van der Waals surface area (Å²) in [7, 11) is 0. The maximum atomic E-state index is 12.7. The van der Waals surface area contributed by atoms with Crippen LogP contribution >= 0.6 is 0 Å². The van der Waals surface area contributed by atoms with E-state index in [2.05, 4.69) is 0 Å². The minimum absolute atomic E-state index is 0.0653. The van der Waals surface area contributed by atoms with Crippen molar-refractivity contribution in [2.45, 2.75) is 45.6 Å². The van der Waals surface area contributed by atoms with Crippen LogP contribution in [-0.4, -0.2) is 17.6 Å². The third-order valence-corrected chi connectivity index (χ3v) is 3.20. The molecule has 1 N–H and O–H groups in total. The molecule has 0 bridgehead atoms. The summed E-state index contributed by atoms with van der Waals surface area (Å²) in [4.78, 5) is 0. The van der Waals surface area contributed by atoms with Crippen LogP contribution in [0.1, 0.15) is 32.3 Å². The molecule has 0 aliphatic rings. The lowest BCUT2D eigenvalue weighted by Gasteiger charge is -2.16. The monoisotopic (exact) mass is 254 g/mol. The second-order valence-electron chi connectivity index (χ2n) is 4.40. The number of alkyl halides is 2. The Hall–Kier alpha value is -1.22. The number of hydrogen-bond donors (Lipinski definition) is 1. The van der Waals surface area contributed by atoms with E-state index < -0.39 is 12.5 Å². The van der Waals surface area contributed by atoms with Crippen molar-refractivity contribution in [3.05, 3.63) is 47.0 Å². The van der Waals surface area contributed by atoms with Gasteiger partial charge in [0.2, 0.25) is 0 Å². The number of allylic oxidation sites excluding steroid dienone is 1.